The van der Waals surface area contributed by atoms with Crippen molar-refractivity contribution in [3.8, 4) is 0 Å². The molecule has 0 aromatic heterocycles. The average molecular weight is 361 g/mol. The van der Waals surface area contributed by atoms with E-state index in [9.17, 15) is 22.4 Å². The summed E-state index contributed by atoms with van der Waals surface area (Å²) in [6.07, 6.45) is -4.83. The Bertz CT molecular complexity index is 662. The Balaban J connectivity index is 2.33. The van der Waals surface area contributed by atoms with Crippen LogP contribution in [0.15, 0.2) is 46.9 Å². The van der Waals surface area contributed by atoms with E-state index in [4.69, 9.17) is 0 Å². The third-order valence-corrected chi connectivity index (χ3v) is 3.36. The molecule has 0 aliphatic carbocycles. The molecule has 0 aliphatic heterocycles. The van der Waals surface area contributed by atoms with E-state index in [1.54, 1.807) is 0 Å². The zero-order chi connectivity index (χ0) is 15.6. The molecular formula is C15H9BrF4O. The smallest absolute Gasteiger partial charge is 0.294 e. The highest BCUT2D eigenvalue weighted by atomic mass is 79.9. The molecule has 0 amide bonds. The summed E-state index contributed by atoms with van der Waals surface area (Å²) in [5.41, 5.74) is -0.920. The normalized spacial score (nSPS) is 11.5. The number of rotatable bonds is 3. The minimum absolute atomic E-state index is 0.217. The molecule has 0 atom stereocenters. The predicted octanol–water partition coefficient (Wildman–Crippen LogP) is 5.03. The Labute approximate surface area is 126 Å². The fraction of sp³-hybridized carbons (Fsp3) is 0.133. The van der Waals surface area contributed by atoms with Gasteiger partial charge in [0.15, 0.2) is 5.78 Å². The molecule has 2 aromatic carbocycles. The van der Waals surface area contributed by atoms with Crippen molar-refractivity contribution in [1.82, 2.24) is 0 Å². The summed E-state index contributed by atoms with van der Waals surface area (Å²) < 4.78 is 51.9. The Morgan fingerprint density at radius 3 is 2.24 bits per heavy atom. The maximum absolute atomic E-state index is 13.0. The van der Waals surface area contributed by atoms with Crippen LogP contribution >= 0.6 is 15.9 Å². The fourth-order valence-electron chi connectivity index (χ4n) is 1.88. The van der Waals surface area contributed by atoms with Crippen molar-refractivity contribution < 1.29 is 22.4 Å². The van der Waals surface area contributed by atoms with Crippen molar-refractivity contribution in [2.75, 3.05) is 0 Å². The largest absolute Gasteiger partial charge is 0.417 e. The number of carbonyl (C=O) groups is 1. The van der Waals surface area contributed by atoms with Gasteiger partial charge in [-0.15, -0.1) is 0 Å². The topological polar surface area (TPSA) is 17.1 Å². The van der Waals surface area contributed by atoms with Gasteiger partial charge in [-0.3, -0.25) is 4.79 Å². The van der Waals surface area contributed by atoms with Crippen LogP contribution < -0.4 is 0 Å². The van der Waals surface area contributed by atoms with E-state index in [-0.39, 0.29) is 10.9 Å². The van der Waals surface area contributed by atoms with Gasteiger partial charge in [0, 0.05) is 16.5 Å². The number of hydrogen-bond acceptors (Lipinski definition) is 1. The first-order valence-electron chi connectivity index (χ1n) is 5.92. The third-order valence-electron chi connectivity index (χ3n) is 2.87. The van der Waals surface area contributed by atoms with Crippen molar-refractivity contribution in [3.05, 3.63) is 69.4 Å². The van der Waals surface area contributed by atoms with Crippen LogP contribution in [0.1, 0.15) is 21.5 Å². The molecular weight excluding hydrogens is 352 g/mol. The van der Waals surface area contributed by atoms with Gasteiger partial charge < -0.3 is 0 Å². The monoisotopic (exact) mass is 360 g/mol. The van der Waals surface area contributed by atoms with E-state index in [2.05, 4.69) is 15.9 Å². The molecule has 1 nitrogen and oxygen atoms in total. The van der Waals surface area contributed by atoms with Gasteiger partial charge in [0.1, 0.15) is 5.82 Å². The summed E-state index contributed by atoms with van der Waals surface area (Å²) in [5, 5.41) is 0. The van der Waals surface area contributed by atoms with Crippen molar-refractivity contribution in [3.63, 3.8) is 0 Å². The molecule has 0 unspecified atom stereocenters. The molecule has 2 rings (SSSR count). The average Bonchev–Trinajstić information content (AvgIpc) is 2.40. The van der Waals surface area contributed by atoms with Gasteiger partial charge in [-0.05, 0) is 35.9 Å². The molecule has 0 saturated heterocycles. The summed E-state index contributed by atoms with van der Waals surface area (Å²) in [4.78, 5) is 12.1. The van der Waals surface area contributed by atoms with E-state index >= 15 is 0 Å². The van der Waals surface area contributed by atoms with Crippen LogP contribution in [0, 0.1) is 5.82 Å². The second-order valence-corrected chi connectivity index (χ2v) is 5.33. The Kier molecular flexibility index (Phi) is 4.46. The molecule has 0 radical (unpaired) electrons. The quantitative estimate of drug-likeness (QED) is 0.554. The molecule has 0 heterocycles. The van der Waals surface area contributed by atoms with Gasteiger partial charge in [-0.1, -0.05) is 28.1 Å². The maximum atomic E-state index is 13.0. The molecule has 0 spiro atoms. The van der Waals surface area contributed by atoms with Crippen LogP contribution in [0.3, 0.4) is 0 Å². The lowest BCUT2D eigenvalue weighted by Crippen LogP contribution is -2.14. The van der Waals surface area contributed by atoms with Gasteiger partial charge in [0.25, 0.3) is 0 Å². The van der Waals surface area contributed by atoms with Gasteiger partial charge >= 0.3 is 6.18 Å². The Morgan fingerprint density at radius 2 is 1.67 bits per heavy atom. The number of benzene rings is 2. The third kappa shape index (κ3) is 3.91. The molecule has 0 aliphatic rings. The maximum Gasteiger partial charge on any atom is 0.417 e. The number of carbonyl (C=O) groups excluding carboxylic acids is 1. The zero-order valence-electron chi connectivity index (χ0n) is 10.5. The highest BCUT2D eigenvalue weighted by molar-refractivity contribution is 9.10. The standard InChI is InChI=1S/C15H9BrF4O/c16-10-3-6-12(13(8-10)15(18,19)20)14(21)7-9-1-4-11(17)5-2-9/h1-6,8H,7H2. The van der Waals surface area contributed by atoms with Gasteiger partial charge in [0.05, 0.1) is 5.56 Å². The molecule has 2 aromatic rings. The Hall–Kier alpha value is -1.69. The second-order valence-electron chi connectivity index (χ2n) is 4.41. The number of Topliss-reactive ketones (excluding diaryl/α,β-unsaturated/α-hetero) is 1. The van der Waals surface area contributed by atoms with E-state index in [1.165, 1.54) is 18.2 Å². The van der Waals surface area contributed by atoms with Crippen LogP contribution in [0.4, 0.5) is 17.6 Å². The minimum Gasteiger partial charge on any atom is -0.294 e. The summed E-state index contributed by atoms with van der Waals surface area (Å²) in [7, 11) is 0. The van der Waals surface area contributed by atoms with Gasteiger partial charge in [-0.2, -0.15) is 13.2 Å². The minimum atomic E-state index is -4.61. The zero-order valence-corrected chi connectivity index (χ0v) is 12.1. The highest BCUT2D eigenvalue weighted by Crippen LogP contribution is 2.34. The SMILES string of the molecule is O=C(Cc1ccc(F)cc1)c1ccc(Br)cc1C(F)(F)F. The lowest BCUT2D eigenvalue weighted by Gasteiger charge is -2.12. The first kappa shape index (κ1) is 15.7. The van der Waals surface area contributed by atoms with Crippen molar-refractivity contribution in [1.29, 1.82) is 0 Å². The van der Waals surface area contributed by atoms with E-state index in [0.717, 1.165) is 24.3 Å². The Morgan fingerprint density at radius 1 is 1.05 bits per heavy atom. The van der Waals surface area contributed by atoms with Gasteiger partial charge in [0.2, 0.25) is 0 Å². The molecule has 6 heteroatoms. The van der Waals surface area contributed by atoms with Crippen LogP contribution in [0.2, 0.25) is 0 Å². The van der Waals surface area contributed by atoms with Crippen LogP contribution in [-0.2, 0) is 12.6 Å². The van der Waals surface area contributed by atoms with E-state index in [0.29, 0.717) is 5.56 Å². The summed E-state index contributed by atoms with van der Waals surface area (Å²) >= 11 is 2.96. The summed E-state index contributed by atoms with van der Waals surface area (Å²) in [6.45, 7) is 0. The van der Waals surface area contributed by atoms with E-state index < -0.39 is 28.9 Å². The first-order chi connectivity index (χ1) is 9.77. The molecule has 0 saturated carbocycles. The van der Waals surface area contributed by atoms with E-state index in [1.807, 2.05) is 0 Å². The fourth-order valence-corrected chi connectivity index (χ4v) is 2.24. The molecule has 21 heavy (non-hydrogen) atoms. The molecule has 0 N–H and O–H groups in total. The van der Waals surface area contributed by atoms with Gasteiger partial charge in [-0.25, -0.2) is 4.39 Å². The lowest BCUT2D eigenvalue weighted by molar-refractivity contribution is -0.138. The second kappa shape index (κ2) is 5.97. The summed E-state index contributed by atoms with van der Waals surface area (Å²) in [5.74, 6) is -1.13. The first-order valence-corrected chi connectivity index (χ1v) is 6.71. The van der Waals surface area contributed by atoms with Crippen LogP contribution in [-0.4, -0.2) is 5.78 Å². The van der Waals surface area contributed by atoms with Crippen molar-refractivity contribution in [2.24, 2.45) is 0 Å². The highest BCUT2D eigenvalue weighted by Gasteiger charge is 2.35. The summed E-state index contributed by atoms with van der Waals surface area (Å²) in [6, 6.07) is 8.46. The van der Waals surface area contributed by atoms with Crippen LogP contribution in [0.5, 0.6) is 0 Å². The number of ketones is 1. The molecule has 110 valence electrons. The molecule has 0 fully saturated rings. The number of halogens is 5. The number of alkyl halides is 3. The molecule has 0 bridgehead atoms. The number of hydrogen-bond donors (Lipinski definition) is 0. The lowest BCUT2D eigenvalue weighted by atomic mass is 9.98. The predicted molar refractivity (Wildman–Crippen MR) is 73.6 cm³/mol. The van der Waals surface area contributed by atoms with Crippen molar-refractivity contribution >= 4 is 21.7 Å². The van der Waals surface area contributed by atoms with Crippen molar-refractivity contribution in [2.45, 2.75) is 12.6 Å². The van der Waals surface area contributed by atoms with Crippen LogP contribution in [0.25, 0.3) is 0 Å².